The Morgan fingerprint density at radius 1 is 0.404 bits per heavy atom. The maximum atomic E-state index is 6.48. The van der Waals surface area contributed by atoms with Crippen molar-refractivity contribution >= 4 is 18.4 Å². The molecular weight excluding hydrogens is 589 g/mol. The van der Waals surface area contributed by atoms with Crippen LogP contribution >= 0.6 is 0 Å². The smallest absolute Gasteiger partial charge is 0.122 e. The van der Waals surface area contributed by atoms with Crippen LogP contribution in [0.5, 0.6) is 11.5 Å². The Bertz CT molecular complexity index is 1050. The lowest BCUT2D eigenvalue weighted by molar-refractivity contribution is 0.304. The summed E-state index contributed by atoms with van der Waals surface area (Å²) < 4.78 is 13.0. The van der Waals surface area contributed by atoms with Gasteiger partial charge in [0.05, 0.1) is 13.2 Å². The van der Waals surface area contributed by atoms with Crippen LogP contribution in [0.2, 0.25) is 12.1 Å². The third-order valence-electron chi connectivity index (χ3n) is 10.9. The summed E-state index contributed by atoms with van der Waals surface area (Å²) in [6, 6.07) is 12.9. The Morgan fingerprint density at radius 2 is 0.723 bits per heavy atom. The molecule has 3 rings (SSSR count). The Labute approximate surface area is 293 Å². The molecule has 0 saturated carbocycles. The molecule has 0 amide bonds. The van der Waals surface area contributed by atoms with Crippen LogP contribution in [0.1, 0.15) is 180 Å². The lowest BCUT2D eigenvalue weighted by Gasteiger charge is -2.31. The number of unbranched alkanes of at least 4 members (excludes halogenated alkanes) is 18. The van der Waals surface area contributed by atoms with Gasteiger partial charge in [0.15, 0.2) is 0 Å². The molecule has 2 nitrogen and oxygen atoms in total. The number of fused-ring (bicyclic) bond motifs is 3. The second kappa shape index (κ2) is 22.8. The van der Waals surface area contributed by atoms with Crippen molar-refractivity contribution in [2.75, 3.05) is 13.2 Å². The Kier molecular flexibility index (Phi) is 19.3. The molecule has 0 N–H and O–H groups in total. The fraction of sp³-hybridized carbons (Fsp3) is 0.727. The molecule has 0 spiro atoms. The highest BCUT2D eigenvalue weighted by Gasteiger charge is 2.45. The molecule has 266 valence electrons. The molecule has 0 aromatic heterocycles. The molecule has 1 heterocycles. The van der Waals surface area contributed by atoms with Crippen LogP contribution in [0.3, 0.4) is 0 Å². The minimum Gasteiger partial charge on any atom is -0.493 e. The number of ether oxygens (including phenoxy) is 2. The highest BCUT2D eigenvalue weighted by atomic mass is 28.3. The molecule has 1 aliphatic heterocycles. The Hall–Kier alpha value is -1.74. The number of rotatable bonds is 28. The molecule has 2 aromatic carbocycles. The van der Waals surface area contributed by atoms with E-state index in [0.29, 0.717) is 0 Å². The summed E-state index contributed by atoms with van der Waals surface area (Å²) in [4.78, 5) is 0. The van der Waals surface area contributed by atoms with Gasteiger partial charge in [0, 0.05) is 0 Å². The highest BCUT2D eigenvalue weighted by Crippen LogP contribution is 2.40. The monoisotopic (exact) mass is 663 g/mol. The number of hydrogen-bond acceptors (Lipinski definition) is 2. The zero-order chi connectivity index (χ0) is 33.7. The van der Waals surface area contributed by atoms with Crippen molar-refractivity contribution in [3.05, 3.63) is 35.4 Å². The predicted molar refractivity (Wildman–Crippen MR) is 211 cm³/mol. The minimum atomic E-state index is -1.94. The van der Waals surface area contributed by atoms with Crippen molar-refractivity contribution in [2.45, 2.75) is 195 Å². The largest absolute Gasteiger partial charge is 0.493 e. The summed E-state index contributed by atoms with van der Waals surface area (Å²) in [5.41, 5.74) is 5.62. The van der Waals surface area contributed by atoms with Gasteiger partial charge in [0.1, 0.15) is 19.6 Å². The second-order valence-electron chi connectivity index (χ2n) is 15.0. The van der Waals surface area contributed by atoms with Crippen molar-refractivity contribution < 1.29 is 9.47 Å². The first-order valence-corrected chi connectivity index (χ1v) is 23.0. The normalized spacial score (nSPS) is 13.1. The fourth-order valence-corrected chi connectivity index (χ4v) is 13.7. The van der Waals surface area contributed by atoms with E-state index in [0.717, 1.165) is 37.6 Å². The van der Waals surface area contributed by atoms with Gasteiger partial charge in [-0.25, -0.2) is 0 Å². The molecule has 0 saturated heterocycles. The SMILES string of the molecule is CCCCCCCCCC[Si]1(CCCCCCCCCC)c2cc(C)c(OCCCCC)cc2-c2cc(OCCCCC)c(C)cc21. The van der Waals surface area contributed by atoms with Gasteiger partial charge < -0.3 is 9.47 Å². The van der Waals surface area contributed by atoms with Gasteiger partial charge in [-0.05, 0) is 83.5 Å². The first-order valence-electron chi connectivity index (χ1n) is 20.6. The highest BCUT2D eigenvalue weighted by molar-refractivity contribution is 7.05. The zero-order valence-corrected chi connectivity index (χ0v) is 33.0. The first-order chi connectivity index (χ1) is 23.0. The average Bonchev–Trinajstić information content (AvgIpc) is 3.31. The van der Waals surface area contributed by atoms with Crippen LogP contribution < -0.4 is 19.8 Å². The number of hydrogen-bond donors (Lipinski definition) is 0. The van der Waals surface area contributed by atoms with E-state index >= 15 is 0 Å². The summed E-state index contributed by atoms with van der Waals surface area (Å²) in [6.45, 7) is 15.4. The molecule has 2 aromatic rings. The van der Waals surface area contributed by atoms with Crippen molar-refractivity contribution in [1.29, 1.82) is 0 Å². The van der Waals surface area contributed by atoms with Crippen LogP contribution in [-0.4, -0.2) is 21.3 Å². The molecule has 1 aliphatic rings. The zero-order valence-electron chi connectivity index (χ0n) is 32.0. The van der Waals surface area contributed by atoms with Crippen LogP contribution in [0.4, 0.5) is 0 Å². The van der Waals surface area contributed by atoms with E-state index in [4.69, 9.17) is 9.47 Å². The fourth-order valence-electron chi connectivity index (χ4n) is 7.92. The summed E-state index contributed by atoms with van der Waals surface area (Å²) in [5.74, 6) is 2.20. The average molecular weight is 663 g/mol. The molecular formula is C44H74O2Si. The summed E-state index contributed by atoms with van der Waals surface area (Å²) in [5, 5.41) is 3.42. The lowest BCUT2D eigenvalue weighted by atomic mass is 10.0. The van der Waals surface area contributed by atoms with Crippen LogP contribution in [-0.2, 0) is 0 Å². The third kappa shape index (κ3) is 12.3. The number of aryl methyl sites for hydroxylation is 2. The van der Waals surface area contributed by atoms with E-state index in [1.165, 1.54) is 163 Å². The van der Waals surface area contributed by atoms with Crippen molar-refractivity contribution in [3.8, 4) is 22.6 Å². The predicted octanol–water partition coefficient (Wildman–Crippen LogP) is 13.3. The van der Waals surface area contributed by atoms with E-state index in [1.807, 2.05) is 0 Å². The van der Waals surface area contributed by atoms with Gasteiger partial charge in [-0.3, -0.25) is 0 Å². The van der Waals surface area contributed by atoms with Gasteiger partial charge in [-0.2, -0.15) is 0 Å². The van der Waals surface area contributed by atoms with Crippen LogP contribution in [0, 0.1) is 13.8 Å². The topological polar surface area (TPSA) is 18.5 Å². The molecule has 0 bridgehead atoms. The van der Waals surface area contributed by atoms with Gasteiger partial charge in [0.25, 0.3) is 0 Å². The molecule has 0 radical (unpaired) electrons. The second-order valence-corrected chi connectivity index (χ2v) is 19.2. The lowest BCUT2D eigenvalue weighted by Crippen LogP contribution is -2.55. The molecule has 0 aliphatic carbocycles. The van der Waals surface area contributed by atoms with Gasteiger partial charge in [-0.15, -0.1) is 0 Å². The van der Waals surface area contributed by atoms with Gasteiger partial charge >= 0.3 is 0 Å². The maximum Gasteiger partial charge on any atom is 0.122 e. The number of benzene rings is 2. The molecule has 0 unspecified atom stereocenters. The van der Waals surface area contributed by atoms with Gasteiger partial charge in [-0.1, -0.05) is 168 Å². The van der Waals surface area contributed by atoms with Crippen molar-refractivity contribution in [2.24, 2.45) is 0 Å². The Morgan fingerprint density at radius 3 is 1.09 bits per heavy atom. The Balaban J connectivity index is 1.92. The van der Waals surface area contributed by atoms with E-state index < -0.39 is 8.07 Å². The summed E-state index contributed by atoms with van der Waals surface area (Å²) in [6.07, 6.45) is 29.5. The standard InChI is InChI=1S/C44H74O2Si/c1-7-11-15-17-19-21-23-27-31-47(32-28-24-22-20-18-16-12-8-2)43-33-37(5)41(45-29-25-13-9-3)35-39(43)40-36-42(38(6)34-44(40)47)46-30-26-14-10-4/h33-36H,7-32H2,1-6H3. The molecule has 3 heteroatoms. The molecule has 0 fully saturated rings. The van der Waals surface area contributed by atoms with E-state index in [9.17, 15) is 0 Å². The van der Waals surface area contributed by atoms with E-state index in [-0.39, 0.29) is 0 Å². The quantitative estimate of drug-likeness (QED) is 0.0667. The van der Waals surface area contributed by atoms with Crippen LogP contribution in [0.25, 0.3) is 11.1 Å². The molecule has 47 heavy (non-hydrogen) atoms. The van der Waals surface area contributed by atoms with E-state index in [1.54, 1.807) is 10.4 Å². The first kappa shape index (κ1) is 39.7. The summed E-state index contributed by atoms with van der Waals surface area (Å²) in [7, 11) is -1.94. The molecule has 0 atom stereocenters. The van der Waals surface area contributed by atoms with Crippen molar-refractivity contribution in [1.82, 2.24) is 0 Å². The summed E-state index contributed by atoms with van der Waals surface area (Å²) >= 11 is 0. The van der Waals surface area contributed by atoms with E-state index in [2.05, 4.69) is 65.8 Å². The third-order valence-corrected chi connectivity index (χ3v) is 16.2. The maximum absolute atomic E-state index is 6.48. The van der Waals surface area contributed by atoms with Gasteiger partial charge in [0.2, 0.25) is 0 Å². The van der Waals surface area contributed by atoms with Crippen LogP contribution in [0.15, 0.2) is 24.3 Å². The minimum absolute atomic E-state index is 0.819. The van der Waals surface area contributed by atoms with Crippen molar-refractivity contribution in [3.63, 3.8) is 0 Å².